The molecule has 0 spiro atoms. The van der Waals surface area contributed by atoms with Crippen LogP contribution in [0.3, 0.4) is 0 Å². The molecule has 0 N–H and O–H groups in total. The first kappa shape index (κ1) is 13.1. The summed E-state index contributed by atoms with van der Waals surface area (Å²) in [5, 5.41) is 0. The number of likely N-dealkylation sites (tertiary alicyclic amines) is 1. The van der Waals surface area contributed by atoms with Crippen LogP contribution in [0.2, 0.25) is 0 Å². The van der Waals surface area contributed by atoms with Crippen molar-refractivity contribution in [2.75, 3.05) is 13.1 Å². The lowest BCUT2D eigenvalue weighted by Crippen LogP contribution is -2.35. The van der Waals surface area contributed by atoms with Gasteiger partial charge in [0, 0.05) is 10.5 Å². The van der Waals surface area contributed by atoms with Crippen LogP contribution in [0.5, 0.6) is 0 Å². The van der Waals surface area contributed by atoms with Crippen LogP contribution < -0.4 is 0 Å². The van der Waals surface area contributed by atoms with Gasteiger partial charge in [0.1, 0.15) is 0 Å². The molecule has 0 aromatic heterocycles. The van der Waals surface area contributed by atoms with E-state index >= 15 is 0 Å². The van der Waals surface area contributed by atoms with E-state index in [4.69, 9.17) is 0 Å². The predicted molar refractivity (Wildman–Crippen MR) is 77.3 cm³/mol. The van der Waals surface area contributed by atoms with Gasteiger partial charge >= 0.3 is 0 Å². The molecule has 0 radical (unpaired) electrons. The van der Waals surface area contributed by atoms with Gasteiger partial charge < -0.3 is 4.90 Å². The zero-order valence-electron chi connectivity index (χ0n) is 10.7. The highest BCUT2D eigenvalue weighted by atomic mass is 79.9. The summed E-state index contributed by atoms with van der Waals surface area (Å²) in [6.07, 6.45) is 6.73. The fraction of sp³-hybridized carbons (Fsp3) is 0.600. The van der Waals surface area contributed by atoms with Crippen molar-refractivity contribution in [2.45, 2.75) is 45.1 Å². The Kier molecular flexibility index (Phi) is 5.05. The van der Waals surface area contributed by atoms with Crippen molar-refractivity contribution in [2.24, 2.45) is 0 Å². The second-order valence-electron chi connectivity index (χ2n) is 5.09. The Balaban J connectivity index is 1.95. The van der Waals surface area contributed by atoms with Crippen LogP contribution in [0.25, 0.3) is 0 Å². The van der Waals surface area contributed by atoms with E-state index in [0.717, 1.165) is 6.42 Å². The van der Waals surface area contributed by atoms with Crippen molar-refractivity contribution in [3.05, 3.63) is 34.3 Å². The molecule has 1 aromatic rings. The molecule has 94 valence electrons. The maximum absolute atomic E-state index is 3.65. The molecule has 1 atom stereocenters. The quantitative estimate of drug-likeness (QED) is 0.805. The van der Waals surface area contributed by atoms with Gasteiger partial charge in [-0.15, -0.1) is 0 Å². The van der Waals surface area contributed by atoms with Crippen LogP contribution in [0.1, 0.15) is 38.2 Å². The SMILES string of the molecule is CC(Cc1ccccc1Br)N1CCCCCC1. The highest BCUT2D eigenvalue weighted by Gasteiger charge is 2.16. The Bertz CT molecular complexity index is 343. The Labute approximate surface area is 113 Å². The second kappa shape index (κ2) is 6.55. The number of rotatable bonds is 3. The maximum Gasteiger partial charge on any atom is 0.0207 e. The molecule has 1 aliphatic rings. The van der Waals surface area contributed by atoms with Gasteiger partial charge in [0.05, 0.1) is 0 Å². The maximum atomic E-state index is 3.65. The molecule has 0 aliphatic carbocycles. The fourth-order valence-corrected chi connectivity index (χ4v) is 3.09. The van der Waals surface area contributed by atoms with Crippen LogP contribution in [0.4, 0.5) is 0 Å². The topological polar surface area (TPSA) is 3.24 Å². The third-order valence-corrected chi connectivity index (χ3v) is 4.51. The Morgan fingerprint density at radius 2 is 1.76 bits per heavy atom. The van der Waals surface area contributed by atoms with Gasteiger partial charge in [0.2, 0.25) is 0 Å². The molecular formula is C15H22BrN. The minimum Gasteiger partial charge on any atom is -0.300 e. The van der Waals surface area contributed by atoms with Gasteiger partial charge in [0.25, 0.3) is 0 Å². The third-order valence-electron chi connectivity index (χ3n) is 3.74. The zero-order valence-corrected chi connectivity index (χ0v) is 12.2. The smallest absolute Gasteiger partial charge is 0.0207 e. The van der Waals surface area contributed by atoms with Crippen LogP contribution >= 0.6 is 15.9 Å². The summed E-state index contributed by atoms with van der Waals surface area (Å²) in [6, 6.07) is 9.26. The first-order valence-corrected chi connectivity index (χ1v) is 7.54. The summed E-state index contributed by atoms with van der Waals surface area (Å²) in [5.74, 6) is 0. The molecule has 0 amide bonds. The van der Waals surface area contributed by atoms with E-state index in [1.54, 1.807) is 0 Å². The van der Waals surface area contributed by atoms with Crippen molar-refractivity contribution in [1.29, 1.82) is 0 Å². The molecule has 1 aromatic carbocycles. The van der Waals surface area contributed by atoms with E-state index in [1.807, 2.05) is 0 Å². The molecular weight excluding hydrogens is 274 g/mol. The van der Waals surface area contributed by atoms with Gasteiger partial charge in [-0.3, -0.25) is 0 Å². The standard InChI is InChI=1S/C15H22BrN/c1-13(17-10-6-2-3-7-11-17)12-14-8-4-5-9-15(14)16/h4-5,8-9,13H,2-3,6-7,10-12H2,1H3. The lowest BCUT2D eigenvalue weighted by Gasteiger charge is -2.28. The van der Waals surface area contributed by atoms with Crippen LogP contribution in [-0.2, 0) is 6.42 Å². The molecule has 1 aliphatic heterocycles. The fourth-order valence-electron chi connectivity index (χ4n) is 2.65. The molecule has 2 rings (SSSR count). The van der Waals surface area contributed by atoms with Crippen LogP contribution in [0.15, 0.2) is 28.7 Å². The van der Waals surface area contributed by atoms with Crippen molar-refractivity contribution >= 4 is 15.9 Å². The number of nitrogens with zero attached hydrogens (tertiary/aromatic N) is 1. The highest BCUT2D eigenvalue weighted by Crippen LogP contribution is 2.20. The van der Waals surface area contributed by atoms with Gasteiger partial charge in [-0.05, 0) is 50.9 Å². The number of hydrogen-bond acceptors (Lipinski definition) is 1. The van der Waals surface area contributed by atoms with E-state index in [2.05, 4.69) is 52.0 Å². The average Bonchev–Trinajstić information content (AvgIpc) is 2.61. The summed E-state index contributed by atoms with van der Waals surface area (Å²) >= 11 is 3.65. The molecule has 1 heterocycles. The van der Waals surface area contributed by atoms with Crippen molar-refractivity contribution < 1.29 is 0 Å². The summed E-state index contributed by atoms with van der Waals surface area (Å²) in [5.41, 5.74) is 1.43. The Hall–Kier alpha value is -0.340. The Morgan fingerprint density at radius 1 is 1.12 bits per heavy atom. The van der Waals surface area contributed by atoms with Gasteiger partial charge in [-0.1, -0.05) is 47.0 Å². The van der Waals surface area contributed by atoms with Crippen LogP contribution in [-0.4, -0.2) is 24.0 Å². The molecule has 0 saturated carbocycles. The lowest BCUT2D eigenvalue weighted by atomic mass is 10.1. The first-order chi connectivity index (χ1) is 8.27. The van der Waals surface area contributed by atoms with Crippen molar-refractivity contribution in [3.8, 4) is 0 Å². The Morgan fingerprint density at radius 3 is 2.41 bits per heavy atom. The normalized spacial score (nSPS) is 19.9. The molecule has 1 fully saturated rings. The van der Waals surface area contributed by atoms with Crippen molar-refractivity contribution in [3.63, 3.8) is 0 Å². The van der Waals surface area contributed by atoms with E-state index in [0.29, 0.717) is 6.04 Å². The molecule has 1 saturated heterocycles. The van der Waals surface area contributed by atoms with E-state index < -0.39 is 0 Å². The molecule has 2 heteroatoms. The van der Waals surface area contributed by atoms with E-state index in [-0.39, 0.29) is 0 Å². The van der Waals surface area contributed by atoms with Gasteiger partial charge in [-0.25, -0.2) is 0 Å². The molecule has 1 nitrogen and oxygen atoms in total. The van der Waals surface area contributed by atoms with Gasteiger partial charge in [0.15, 0.2) is 0 Å². The molecule has 1 unspecified atom stereocenters. The summed E-state index contributed by atoms with van der Waals surface area (Å²) < 4.78 is 1.25. The monoisotopic (exact) mass is 295 g/mol. The summed E-state index contributed by atoms with van der Waals surface area (Å²) in [4.78, 5) is 2.66. The highest BCUT2D eigenvalue weighted by molar-refractivity contribution is 9.10. The van der Waals surface area contributed by atoms with Gasteiger partial charge in [-0.2, -0.15) is 0 Å². The average molecular weight is 296 g/mol. The summed E-state index contributed by atoms with van der Waals surface area (Å²) in [7, 11) is 0. The minimum absolute atomic E-state index is 0.659. The molecule has 17 heavy (non-hydrogen) atoms. The number of benzene rings is 1. The largest absolute Gasteiger partial charge is 0.300 e. The number of halogens is 1. The minimum atomic E-state index is 0.659. The molecule has 0 bridgehead atoms. The van der Waals surface area contributed by atoms with E-state index in [1.165, 1.54) is 48.8 Å². The predicted octanol–water partition coefficient (Wildman–Crippen LogP) is 4.26. The number of hydrogen-bond donors (Lipinski definition) is 0. The second-order valence-corrected chi connectivity index (χ2v) is 5.95. The third kappa shape index (κ3) is 3.82. The zero-order chi connectivity index (χ0) is 12.1. The first-order valence-electron chi connectivity index (χ1n) is 6.75. The van der Waals surface area contributed by atoms with Crippen molar-refractivity contribution in [1.82, 2.24) is 4.90 Å². The van der Waals surface area contributed by atoms with E-state index in [9.17, 15) is 0 Å². The van der Waals surface area contributed by atoms with Crippen LogP contribution in [0, 0.1) is 0 Å². The lowest BCUT2D eigenvalue weighted by molar-refractivity contribution is 0.215. The summed E-state index contributed by atoms with van der Waals surface area (Å²) in [6.45, 7) is 4.93.